The molecule has 0 rings (SSSR count). The van der Waals surface area contributed by atoms with Gasteiger partial charge in [-0.05, 0) is 10.4 Å². The van der Waals surface area contributed by atoms with E-state index in [1.807, 2.05) is 0 Å². The van der Waals surface area contributed by atoms with Gasteiger partial charge in [-0.15, -0.1) is 9.81 Å². The van der Waals surface area contributed by atoms with Gasteiger partial charge in [-0.1, -0.05) is 11.6 Å². The Labute approximate surface area is 57.3 Å². The van der Waals surface area contributed by atoms with E-state index in [9.17, 15) is 23.0 Å². The third-order valence-corrected chi connectivity index (χ3v) is 0.955. The zero-order valence-electron chi connectivity index (χ0n) is 4.22. The monoisotopic (exact) mass is 176 g/mol. The summed E-state index contributed by atoms with van der Waals surface area (Å²) in [4.78, 5) is 18.6. The maximum absolute atomic E-state index is 11.4. The highest BCUT2D eigenvalue weighted by Gasteiger charge is 2.58. The van der Waals surface area contributed by atoms with Crippen LogP contribution in [0.1, 0.15) is 0 Å². The van der Waals surface area contributed by atoms with E-state index in [1.54, 1.807) is 0 Å². The lowest BCUT2D eigenvalue weighted by Gasteiger charge is -2.12. The summed E-state index contributed by atoms with van der Waals surface area (Å²) >= 11 is 4.30. The number of hydrogen-bond donors (Lipinski definition) is 0. The van der Waals surface area contributed by atoms with Crippen LogP contribution in [0.2, 0.25) is 0 Å². The second-order valence-electron chi connectivity index (χ2n) is 1.27. The van der Waals surface area contributed by atoms with Crippen LogP contribution >= 0.6 is 11.6 Å². The molecule has 0 fully saturated rings. The summed E-state index contributed by atoms with van der Waals surface area (Å²) in [6.07, 6.45) is -5.24. The highest BCUT2D eigenvalue weighted by atomic mass is 35.5. The third kappa shape index (κ3) is 1.41. The molecule has 4 nitrogen and oxygen atoms in total. The van der Waals surface area contributed by atoms with Crippen LogP contribution in [-0.4, -0.2) is 11.3 Å². The first-order chi connectivity index (χ1) is 4.37. The smallest absolute Gasteiger partial charge is 0.165 e. The molecule has 0 atom stereocenters. The molecule has 0 N–H and O–H groups in total. The lowest BCUT2D eigenvalue weighted by atomic mass is 10.5. The Bertz CT molecular complexity index is 149. The molecule has 0 amide bonds. The number of halogens is 4. The average Bonchev–Trinajstić information content (AvgIpc) is 1.84. The molecule has 0 aromatic carbocycles. The minimum absolute atomic E-state index is 1.32. The van der Waals surface area contributed by atoms with Gasteiger partial charge in [-0.3, -0.25) is 0 Å². The maximum Gasteiger partial charge on any atom is 0.456 e. The van der Waals surface area contributed by atoms with Crippen LogP contribution < -0.4 is 0 Å². The summed E-state index contributed by atoms with van der Waals surface area (Å²) < 4.78 is 34.2. The molecule has 0 saturated heterocycles. The molecular formula is C2ClF3N2O2. The van der Waals surface area contributed by atoms with Crippen LogP contribution in [0.15, 0.2) is 10.4 Å². The number of rotatable bonds is 2. The van der Waals surface area contributed by atoms with Crippen molar-refractivity contribution < 1.29 is 13.2 Å². The summed E-state index contributed by atoms with van der Waals surface area (Å²) in [5.74, 6) is 0. The Hall–Kier alpha value is -0.720. The highest BCUT2D eigenvalue weighted by Crippen LogP contribution is 2.37. The van der Waals surface area contributed by atoms with Crippen molar-refractivity contribution in [2.24, 2.45) is 10.4 Å². The van der Waals surface area contributed by atoms with Gasteiger partial charge in [0.25, 0.3) is 0 Å². The molecular weight excluding hydrogens is 176 g/mol. The zero-order chi connectivity index (χ0) is 8.41. The molecule has 0 spiro atoms. The van der Waals surface area contributed by atoms with Crippen molar-refractivity contribution >= 4 is 11.6 Å². The third-order valence-electron chi connectivity index (χ3n) is 0.603. The van der Waals surface area contributed by atoms with Gasteiger partial charge >= 0.3 is 11.3 Å². The van der Waals surface area contributed by atoms with E-state index >= 15 is 0 Å². The SMILES string of the molecule is O=NC(Cl)(N=O)C(F)(F)F. The average molecular weight is 176 g/mol. The normalized spacial score (nSPS) is 12.8. The van der Waals surface area contributed by atoms with Gasteiger partial charge in [-0.25, -0.2) is 0 Å². The van der Waals surface area contributed by atoms with Crippen LogP contribution in [0, 0.1) is 9.81 Å². The fourth-order valence-electron chi connectivity index (χ4n) is 0.120. The lowest BCUT2D eigenvalue weighted by Crippen LogP contribution is -2.34. The second-order valence-corrected chi connectivity index (χ2v) is 1.79. The van der Waals surface area contributed by atoms with Crippen molar-refractivity contribution in [2.45, 2.75) is 11.3 Å². The van der Waals surface area contributed by atoms with Gasteiger partial charge in [0.05, 0.1) is 0 Å². The fourth-order valence-corrected chi connectivity index (χ4v) is 0.120. The van der Waals surface area contributed by atoms with Gasteiger partial charge in [-0.2, -0.15) is 13.2 Å². The van der Waals surface area contributed by atoms with Gasteiger partial charge in [0, 0.05) is 0 Å². The van der Waals surface area contributed by atoms with E-state index < -0.39 is 11.3 Å². The molecule has 0 bridgehead atoms. The second kappa shape index (κ2) is 2.49. The predicted molar refractivity (Wildman–Crippen MR) is 26.2 cm³/mol. The first kappa shape index (κ1) is 9.28. The van der Waals surface area contributed by atoms with Gasteiger partial charge in [0.2, 0.25) is 0 Å². The Morgan fingerprint density at radius 3 is 1.40 bits per heavy atom. The summed E-state index contributed by atoms with van der Waals surface area (Å²) in [7, 11) is 0. The van der Waals surface area contributed by atoms with Gasteiger partial charge in [0.1, 0.15) is 0 Å². The van der Waals surface area contributed by atoms with Crippen molar-refractivity contribution in [1.29, 1.82) is 0 Å². The Morgan fingerprint density at radius 2 is 1.40 bits per heavy atom. The Morgan fingerprint density at radius 1 is 1.10 bits per heavy atom. The van der Waals surface area contributed by atoms with E-state index in [1.165, 1.54) is 10.4 Å². The first-order valence-electron chi connectivity index (χ1n) is 1.82. The highest BCUT2D eigenvalue weighted by molar-refractivity contribution is 6.24. The van der Waals surface area contributed by atoms with E-state index in [2.05, 4.69) is 11.6 Å². The van der Waals surface area contributed by atoms with E-state index in [0.29, 0.717) is 0 Å². The molecule has 0 aliphatic heterocycles. The summed E-state index contributed by atoms with van der Waals surface area (Å²) in [5.41, 5.74) is 0. The largest absolute Gasteiger partial charge is 0.456 e. The number of nitrogens with zero attached hydrogens (tertiary/aromatic N) is 2. The van der Waals surface area contributed by atoms with Crippen LogP contribution in [0.5, 0.6) is 0 Å². The van der Waals surface area contributed by atoms with Gasteiger partial charge < -0.3 is 0 Å². The molecule has 0 aliphatic carbocycles. The van der Waals surface area contributed by atoms with E-state index in [4.69, 9.17) is 0 Å². The number of alkyl halides is 4. The lowest BCUT2D eigenvalue weighted by molar-refractivity contribution is -0.158. The summed E-state index contributed by atoms with van der Waals surface area (Å²) in [5, 5.41) is -1.23. The molecule has 8 heteroatoms. The molecule has 0 saturated carbocycles. The van der Waals surface area contributed by atoms with Crippen molar-refractivity contribution in [1.82, 2.24) is 0 Å². The molecule has 0 aromatic heterocycles. The molecule has 10 heavy (non-hydrogen) atoms. The fraction of sp³-hybridized carbons (Fsp3) is 1.00. The van der Waals surface area contributed by atoms with Crippen LogP contribution in [0.4, 0.5) is 13.2 Å². The molecule has 0 heterocycles. The van der Waals surface area contributed by atoms with Crippen LogP contribution in [0.3, 0.4) is 0 Å². The number of nitroso groups, excluding NO2 is 2. The topological polar surface area (TPSA) is 58.9 Å². The van der Waals surface area contributed by atoms with E-state index in [0.717, 1.165) is 0 Å². The van der Waals surface area contributed by atoms with Crippen molar-refractivity contribution in [2.75, 3.05) is 0 Å². The van der Waals surface area contributed by atoms with Crippen LogP contribution in [0.25, 0.3) is 0 Å². The predicted octanol–water partition coefficient (Wildman–Crippen LogP) is 1.97. The molecule has 0 aliphatic rings. The molecule has 0 radical (unpaired) electrons. The van der Waals surface area contributed by atoms with E-state index in [-0.39, 0.29) is 0 Å². The minimum Gasteiger partial charge on any atom is -0.165 e. The standard InChI is InChI=1S/C2ClF3N2O2/c3-1(7-9,8-10)2(4,5)6. The number of hydrogen-bond acceptors (Lipinski definition) is 4. The maximum atomic E-state index is 11.4. The van der Waals surface area contributed by atoms with Crippen molar-refractivity contribution in [3.05, 3.63) is 9.81 Å². The van der Waals surface area contributed by atoms with Crippen molar-refractivity contribution in [3.8, 4) is 0 Å². The Balaban J connectivity index is 4.65. The summed E-state index contributed by atoms with van der Waals surface area (Å²) in [6, 6.07) is 0. The van der Waals surface area contributed by atoms with Crippen molar-refractivity contribution in [3.63, 3.8) is 0 Å². The van der Waals surface area contributed by atoms with Crippen LogP contribution in [-0.2, 0) is 0 Å². The molecule has 0 unspecified atom stereocenters. The quantitative estimate of drug-likeness (QED) is 0.367. The Kier molecular flexibility index (Phi) is 2.31. The molecule has 58 valence electrons. The van der Waals surface area contributed by atoms with Gasteiger partial charge in [0.15, 0.2) is 0 Å². The first-order valence-corrected chi connectivity index (χ1v) is 2.20. The zero-order valence-corrected chi connectivity index (χ0v) is 4.98. The summed E-state index contributed by atoms with van der Waals surface area (Å²) in [6.45, 7) is 0. The minimum atomic E-state index is -5.24. The molecule has 0 aromatic rings.